The highest BCUT2D eigenvalue weighted by Gasteiger charge is 2.34. The fourth-order valence-electron chi connectivity index (χ4n) is 0.452. The van der Waals surface area contributed by atoms with E-state index in [9.17, 15) is 17.6 Å². The Morgan fingerprint density at radius 3 is 1.73 bits per heavy atom. The summed E-state index contributed by atoms with van der Waals surface area (Å²) < 4.78 is 47.7. The minimum absolute atomic E-state index is 1.24. The standard InChI is InChI=1S/C5H8F4O2/c6-2(1-10)3(7)4(8)5(9)11/h2-5,10-11H,1H2. The van der Waals surface area contributed by atoms with E-state index in [1.807, 2.05) is 0 Å². The molecule has 0 saturated carbocycles. The van der Waals surface area contributed by atoms with Crippen LogP contribution in [0.5, 0.6) is 0 Å². The molecule has 0 radical (unpaired) electrons. The highest BCUT2D eigenvalue weighted by Crippen LogP contribution is 2.15. The first-order valence-corrected chi connectivity index (χ1v) is 2.86. The molecule has 6 heteroatoms. The van der Waals surface area contributed by atoms with Crippen molar-refractivity contribution in [2.24, 2.45) is 0 Å². The number of hydrogen-bond acceptors (Lipinski definition) is 2. The lowest BCUT2D eigenvalue weighted by Crippen LogP contribution is -2.36. The summed E-state index contributed by atoms with van der Waals surface area (Å²) in [6.45, 7) is -1.24. The van der Waals surface area contributed by atoms with Crippen LogP contribution in [-0.4, -0.2) is 41.7 Å². The lowest BCUT2D eigenvalue weighted by atomic mass is 10.1. The Balaban J connectivity index is 3.90. The SMILES string of the molecule is OCC(F)C(F)C(F)C(O)F. The highest BCUT2D eigenvalue weighted by atomic mass is 19.2. The van der Waals surface area contributed by atoms with E-state index in [1.165, 1.54) is 0 Å². The fourth-order valence-corrected chi connectivity index (χ4v) is 0.452. The molecule has 0 aliphatic heterocycles. The molecule has 0 heterocycles. The van der Waals surface area contributed by atoms with E-state index in [0.717, 1.165) is 0 Å². The summed E-state index contributed by atoms with van der Waals surface area (Å²) in [6, 6.07) is 0. The maximum absolute atomic E-state index is 12.1. The van der Waals surface area contributed by atoms with Crippen molar-refractivity contribution in [2.45, 2.75) is 24.9 Å². The van der Waals surface area contributed by atoms with E-state index in [-0.39, 0.29) is 0 Å². The van der Waals surface area contributed by atoms with Gasteiger partial charge in [-0.15, -0.1) is 0 Å². The average molecular weight is 176 g/mol. The molecule has 68 valence electrons. The van der Waals surface area contributed by atoms with Crippen LogP contribution < -0.4 is 0 Å². The molecule has 2 N–H and O–H groups in total. The van der Waals surface area contributed by atoms with Gasteiger partial charge in [0.1, 0.15) is 0 Å². The third-order valence-electron chi connectivity index (χ3n) is 1.09. The summed E-state index contributed by atoms with van der Waals surface area (Å²) in [4.78, 5) is 0. The lowest BCUT2D eigenvalue weighted by molar-refractivity contribution is -0.0776. The van der Waals surface area contributed by atoms with Gasteiger partial charge < -0.3 is 10.2 Å². The molecular weight excluding hydrogens is 168 g/mol. The van der Waals surface area contributed by atoms with Crippen LogP contribution in [-0.2, 0) is 0 Å². The van der Waals surface area contributed by atoms with Gasteiger partial charge >= 0.3 is 0 Å². The molecule has 0 aromatic carbocycles. The van der Waals surface area contributed by atoms with Gasteiger partial charge in [-0.25, -0.2) is 17.6 Å². The number of halogens is 4. The number of aliphatic hydroxyl groups excluding tert-OH is 2. The first-order chi connectivity index (χ1) is 5.00. The van der Waals surface area contributed by atoms with E-state index in [2.05, 4.69) is 0 Å². The van der Waals surface area contributed by atoms with Gasteiger partial charge in [0.25, 0.3) is 0 Å². The second-order valence-electron chi connectivity index (χ2n) is 1.96. The van der Waals surface area contributed by atoms with Crippen LogP contribution in [0.3, 0.4) is 0 Å². The van der Waals surface area contributed by atoms with E-state index in [0.29, 0.717) is 0 Å². The second kappa shape index (κ2) is 4.50. The van der Waals surface area contributed by atoms with Crippen LogP contribution in [0, 0.1) is 0 Å². The maximum atomic E-state index is 12.1. The Kier molecular flexibility index (Phi) is 4.36. The summed E-state index contributed by atoms with van der Waals surface area (Å²) >= 11 is 0. The van der Waals surface area contributed by atoms with Crippen molar-refractivity contribution in [3.05, 3.63) is 0 Å². The van der Waals surface area contributed by atoms with Crippen molar-refractivity contribution in [1.29, 1.82) is 0 Å². The zero-order valence-corrected chi connectivity index (χ0v) is 5.42. The average Bonchev–Trinajstić information content (AvgIpc) is 2.00. The normalized spacial score (nSPS) is 22.4. The molecule has 11 heavy (non-hydrogen) atoms. The predicted molar refractivity (Wildman–Crippen MR) is 28.9 cm³/mol. The molecule has 0 rings (SSSR count). The van der Waals surface area contributed by atoms with Gasteiger partial charge in [-0.1, -0.05) is 0 Å². The van der Waals surface area contributed by atoms with Crippen LogP contribution in [0.4, 0.5) is 17.6 Å². The Bertz CT molecular complexity index is 111. The molecule has 0 aliphatic rings. The van der Waals surface area contributed by atoms with Gasteiger partial charge in [-0.05, 0) is 0 Å². The lowest BCUT2D eigenvalue weighted by Gasteiger charge is -2.15. The van der Waals surface area contributed by atoms with Gasteiger partial charge in [0.2, 0.25) is 6.36 Å². The summed E-state index contributed by atoms with van der Waals surface area (Å²) in [5.74, 6) is 0. The van der Waals surface area contributed by atoms with Crippen molar-refractivity contribution in [3.8, 4) is 0 Å². The molecule has 0 spiro atoms. The molecular formula is C5H8F4O2. The van der Waals surface area contributed by atoms with Crippen LogP contribution in [0.2, 0.25) is 0 Å². The third kappa shape index (κ3) is 3.02. The van der Waals surface area contributed by atoms with Crippen molar-refractivity contribution in [1.82, 2.24) is 0 Å². The number of hydrogen-bond donors (Lipinski definition) is 2. The molecule has 0 aliphatic carbocycles. The van der Waals surface area contributed by atoms with Gasteiger partial charge in [0.05, 0.1) is 6.61 Å². The number of aliphatic hydroxyl groups is 2. The molecule has 4 unspecified atom stereocenters. The molecule has 0 amide bonds. The maximum Gasteiger partial charge on any atom is 0.231 e. The zero-order valence-electron chi connectivity index (χ0n) is 5.42. The Morgan fingerprint density at radius 1 is 1.00 bits per heavy atom. The van der Waals surface area contributed by atoms with Crippen LogP contribution in [0.1, 0.15) is 0 Å². The largest absolute Gasteiger partial charge is 0.393 e. The molecule has 0 aromatic heterocycles. The van der Waals surface area contributed by atoms with Gasteiger partial charge in [0, 0.05) is 0 Å². The number of rotatable bonds is 4. The van der Waals surface area contributed by atoms with Gasteiger partial charge in [-0.2, -0.15) is 0 Å². The second-order valence-corrected chi connectivity index (χ2v) is 1.96. The van der Waals surface area contributed by atoms with Crippen LogP contribution in [0.15, 0.2) is 0 Å². The molecule has 0 saturated heterocycles. The third-order valence-corrected chi connectivity index (χ3v) is 1.09. The van der Waals surface area contributed by atoms with E-state index in [1.54, 1.807) is 0 Å². The predicted octanol–water partition coefficient (Wildman–Crippen LogP) is 0.281. The topological polar surface area (TPSA) is 40.5 Å². The Morgan fingerprint density at radius 2 is 1.45 bits per heavy atom. The Hall–Kier alpha value is -0.360. The van der Waals surface area contributed by atoms with Crippen molar-refractivity contribution < 1.29 is 27.8 Å². The molecule has 0 aromatic rings. The first-order valence-electron chi connectivity index (χ1n) is 2.86. The van der Waals surface area contributed by atoms with Crippen LogP contribution >= 0.6 is 0 Å². The van der Waals surface area contributed by atoms with Crippen LogP contribution in [0.25, 0.3) is 0 Å². The van der Waals surface area contributed by atoms with Crippen molar-refractivity contribution >= 4 is 0 Å². The van der Waals surface area contributed by atoms with E-state index in [4.69, 9.17) is 10.2 Å². The summed E-state index contributed by atoms with van der Waals surface area (Å²) in [7, 11) is 0. The summed E-state index contributed by atoms with van der Waals surface area (Å²) in [5.41, 5.74) is 0. The minimum atomic E-state index is -3.06. The summed E-state index contributed by atoms with van der Waals surface area (Å²) in [6.07, 6.45) is -11.3. The van der Waals surface area contributed by atoms with Gasteiger partial charge in [0.15, 0.2) is 18.5 Å². The minimum Gasteiger partial charge on any atom is -0.393 e. The smallest absolute Gasteiger partial charge is 0.231 e. The first kappa shape index (κ1) is 10.6. The summed E-state index contributed by atoms with van der Waals surface area (Å²) in [5, 5.41) is 15.8. The van der Waals surface area contributed by atoms with E-state index < -0.39 is 31.5 Å². The quantitative estimate of drug-likeness (QED) is 0.604. The zero-order chi connectivity index (χ0) is 9.02. The molecule has 2 nitrogen and oxygen atoms in total. The Labute approximate surface area is 60.4 Å². The van der Waals surface area contributed by atoms with Gasteiger partial charge in [-0.3, -0.25) is 0 Å². The molecule has 0 fully saturated rings. The fraction of sp³-hybridized carbons (Fsp3) is 1.00. The van der Waals surface area contributed by atoms with Crippen molar-refractivity contribution in [2.75, 3.05) is 6.61 Å². The van der Waals surface area contributed by atoms with E-state index >= 15 is 0 Å². The van der Waals surface area contributed by atoms with Crippen molar-refractivity contribution in [3.63, 3.8) is 0 Å². The monoisotopic (exact) mass is 176 g/mol. The highest BCUT2D eigenvalue weighted by molar-refractivity contribution is 4.77. The molecule has 0 bridgehead atoms. The number of alkyl halides is 4. The molecule has 4 atom stereocenters.